The molecule has 36 heavy (non-hydrogen) atoms. The lowest BCUT2D eigenvalue weighted by atomic mass is 10.00. The van der Waals surface area contributed by atoms with Gasteiger partial charge >= 0.3 is 5.97 Å². The van der Waals surface area contributed by atoms with Crippen molar-refractivity contribution in [2.24, 2.45) is 11.7 Å². The molecule has 0 aliphatic heterocycles. The molecule has 0 radical (unpaired) electrons. The number of hydrogen-bond acceptors (Lipinski definition) is 7. The minimum Gasteiger partial charge on any atom is -0.478 e. The largest absolute Gasteiger partial charge is 0.478 e. The summed E-state index contributed by atoms with van der Waals surface area (Å²) in [6.45, 7) is 8.34. The lowest BCUT2D eigenvalue weighted by molar-refractivity contribution is 0.0696. The first-order valence-electron chi connectivity index (χ1n) is 11.7. The van der Waals surface area contributed by atoms with E-state index < -0.39 is 16.0 Å². The van der Waals surface area contributed by atoms with Gasteiger partial charge < -0.3 is 15.6 Å². The molecule has 0 spiro atoms. The van der Waals surface area contributed by atoms with Gasteiger partial charge in [0.05, 0.1) is 16.2 Å². The number of carbonyl (C=O) groups is 1. The maximum absolute atomic E-state index is 13.0. The molecule has 0 saturated carbocycles. The molecule has 0 saturated heterocycles. The summed E-state index contributed by atoms with van der Waals surface area (Å²) in [7, 11) is -4.17. The van der Waals surface area contributed by atoms with Gasteiger partial charge in [-0.25, -0.2) is 22.9 Å². The molecule has 0 aliphatic carbocycles. The highest BCUT2D eigenvalue weighted by Crippen LogP contribution is 2.29. The Bertz CT molecular complexity index is 1320. The van der Waals surface area contributed by atoms with Gasteiger partial charge in [0.15, 0.2) is 0 Å². The summed E-state index contributed by atoms with van der Waals surface area (Å²) in [4.78, 5) is 19.8. The molecule has 0 fully saturated rings. The number of anilines is 1. The average molecular weight is 513 g/mol. The van der Waals surface area contributed by atoms with Crippen LogP contribution in [0.5, 0.6) is 5.88 Å². The van der Waals surface area contributed by atoms with E-state index in [9.17, 15) is 18.3 Å². The molecule has 1 aromatic heterocycles. The number of hydrogen-bond donors (Lipinski definition) is 3. The van der Waals surface area contributed by atoms with Crippen LogP contribution in [-0.4, -0.2) is 42.1 Å². The minimum absolute atomic E-state index is 0.150. The Balaban J connectivity index is 1.97. The molecular weight excluding hydrogens is 480 g/mol. The first-order valence-corrected chi connectivity index (χ1v) is 13.1. The zero-order valence-electron chi connectivity index (χ0n) is 20.9. The Hall–Kier alpha value is -3.50. The lowest BCUT2D eigenvalue weighted by Crippen LogP contribution is -2.28. The van der Waals surface area contributed by atoms with E-state index in [2.05, 4.69) is 28.5 Å². The molecule has 10 heteroatoms. The summed E-state index contributed by atoms with van der Waals surface area (Å²) in [6.07, 6.45) is 1.74. The van der Waals surface area contributed by atoms with E-state index in [-0.39, 0.29) is 34.9 Å². The van der Waals surface area contributed by atoms with Crippen LogP contribution in [0.2, 0.25) is 0 Å². The zero-order valence-corrected chi connectivity index (χ0v) is 21.7. The molecule has 192 valence electrons. The fourth-order valence-corrected chi connectivity index (χ4v) is 4.68. The summed E-state index contributed by atoms with van der Waals surface area (Å²) < 4.78 is 34.3. The van der Waals surface area contributed by atoms with E-state index in [0.29, 0.717) is 11.6 Å². The van der Waals surface area contributed by atoms with Gasteiger partial charge in [-0.1, -0.05) is 38.1 Å². The summed E-state index contributed by atoms with van der Waals surface area (Å²) in [5.74, 6) is -0.725. The number of sulfonamides is 1. The number of aromatic nitrogens is 2. The number of nitrogens with one attached hydrogen (secondary N) is 1. The Kier molecular flexibility index (Phi) is 8.65. The number of aryl methyl sites for hydroxylation is 2. The van der Waals surface area contributed by atoms with E-state index >= 15 is 0 Å². The highest BCUT2D eigenvalue weighted by molar-refractivity contribution is 7.92. The molecule has 3 aromatic rings. The van der Waals surface area contributed by atoms with Gasteiger partial charge in [-0.05, 0) is 61.9 Å². The minimum atomic E-state index is -4.17. The lowest BCUT2D eigenvalue weighted by Gasteiger charge is -2.16. The Morgan fingerprint density at radius 3 is 2.36 bits per heavy atom. The monoisotopic (exact) mass is 512 g/mol. The number of carboxylic acid groups (broad SMARTS) is 1. The van der Waals surface area contributed by atoms with Gasteiger partial charge in [0.2, 0.25) is 11.8 Å². The van der Waals surface area contributed by atoms with Crippen molar-refractivity contribution in [3.05, 3.63) is 65.2 Å². The third kappa shape index (κ3) is 7.02. The molecule has 0 amide bonds. The van der Waals surface area contributed by atoms with Crippen molar-refractivity contribution in [2.45, 2.75) is 51.5 Å². The van der Waals surface area contributed by atoms with E-state index in [1.54, 1.807) is 6.07 Å². The van der Waals surface area contributed by atoms with Crippen LogP contribution in [0.15, 0.2) is 53.4 Å². The molecule has 0 aliphatic rings. The van der Waals surface area contributed by atoms with Crippen molar-refractivity contribution in [1.29, 1.82) is 0 Å². The number of benzene rings is 2. The second-order valence-corrected chi connectivity index (χ2v) is 10.8. The van der Waals surface area contributed by atoms with E-state index in [1.165, 1.54) is 18.2 Å². The van der Waals surface area contributed by atoms with Crippen LogP contribution >= 0.6 is 0 Å². The molecule has 1 atom stereocenters. The molecule has 9 nitrogen and oxygen atoms in total. The van der Waals surface area contributed by atoms with Crippen LogP contribution in [0.1, 0.15) is 48.2 Å². The summed E-state index contributed by atoms with van der Waals surface area (Å²) in [5.41, 5.74) is 9.28. The van der Waals surface area contributed by atoms with Gasteiger partial charge in [0.25, 0.3) is 10.0 Å². The van der Waals surface area contributed by atoms with Gasteiger partial charge in [0, 0.05) is 17.7 Å². The van der Waals surface area contributed by atoms with Gasteiger partial charge in [-0.2, -0.15) is 4.98 Å². The van der Waals surface area contributed by atoms with E-state index in [4.69, 9.17) is 10.5 Å². The fraction of sp³-hybridized carbons (Fsp3) is 0.346. The third-order valence-corrected chi connectivity index (χ3v) is 6.94. The predicted molar refractivity (Wildman–Crippen MR) is 139 cm³/mol. The standard InChI is InChI=1S/C26H32N4O5S/c1-16(2)11-12-20(27)15-35-23-14-22(24-17(3)7-5-8-18(24)4)28-26(29-23)30-36(33,34)21-10-6-9-19(13-21)25(31)32/h5-10,13-14,16,20H,11-12,15,27H2,1-4H3,(H,31,32)(H,28,29,30)/t20-/m1/s1. The van der Waals surface area contributed by atoms with Gasteiger partial charge in [-0.15, -0.1) is 0 Å². The second kappa shape index (κ2) is 11.5. The van der Waals surface area contributed by atoms with Crippen LogP contribution in [0.25, 0.3) is 11.3 Å². The summed E-state index contributed by atoms with van der Waals surface area (Å²) in [5, 5.41) is 9.22. The first kappa shape index (κ1) is 27.1. The highest BCUT2D eigenvalue weighted by atomic mass is 32.2. The quantitative estimate of drug-likeness (QED) is 0.343. The number of aromatic carboxylic acids is 1. The van der Waals surface area contributed by atoms with Gasteiger partial charge in [0.1, 0.15) is 6.61 Å². The summed E-state index contributed by atoms with van der Waals surface area (Å²) >= 11 is 0. The van der Waals surface area contributed by atoms with Crippen molar-refractivity contribution in [3.63, 3.8) is 0 Å². The predicted octanol–water partition coefficient (Wildman–Crippen LogP) is 4.40. The number of ether oxygens (including phenoxy) is 1. The van der Waals surface area contributed by atoms with Crippen LogP contribution in [0, 0.1) is 19.8 Å². The summed E-state index contributed by atoms with van der Waals surface area (Å²) in [6, 6.07) is 12.3. The van der Waals surface area contributed by atoms with Crippen LogP contribution in [0.4, 0.5) is 5.95 Å². The number of carboxylic acids is 1. The molecule has 1 heterocycles. The van der Waals surface area contributed by atoms with Crippen molar-refractivity contribution >= 4 is 21.9 Å². The topological polar surface area (TPSA) is 144 Å². The van der Waals surface area contributed by atoms with Crippen molar-refractivity contribution < 1.29 is 23.1 Å². The average Bonchev–Trinajstić information content (AvgIpc) is 2.81. The van der Waals surface area contributed by atoms with Crippen molar-refractivity contribution in [2.75, 3.05) is 11.3 Å². The maximum Gasteiger partial charge on any atom is 0.335 e. The smallest absolute Gasteiger partial charge is 0.335 e. The highest BCUT2D eigenvalue weighted by Gasteiger charge is 2.20. The maximum atomic E-state index is 13.0. The first-order chi connectivity index (χ1) is 17.0. The molecule has 4 N–H and O–H groups in total. The molecule has 2 aromatic carbocycles. The van der Waals surface area contributed by atoms with Crippen LogP contribution < -0.4 is 15.2 Å². The second-order valence-electron chi connectivity index (χ2n) is 9.16. The van der Waals surface area contributed by atoms with E-state index in [1.807, 2.05) is 32.0 Å². The molecule has 0 unspecified atom stereocenters. The normalized spacial score (nSPS) is 12.4. The van der Waals surface area contributed by atoms with E-state index in [0.717, 1.165) is 35.6 Å². The van der Waals surface area contributed by atoms with Gasteiger partial charge in [-0.3, -0.25) is 0 Å². The molecular formula is C26H32N4O5S. The molecule has 3 rings (SSSR count). The third-order valence-electron chi connectivity index (χ3n) is 5.62. The number of nitrogens with zero attached hydrogens (tertiary/aromatic N) is 2. The SMILES string of the molecule is Cc1cccc(C)c1-c1cc(OC[C@H](N)CCC(C)C)nc(NS(=O)(=O)c2cccc(C(=O)O)c2)n1. The fourth-order valence-electron chi connectivity index (χ4n) is 3.69. The zero-order chi connectivity index (χ0) is 26.5. The Labute approximate surface area is 211 Å². The van der Waals surface area contributed by atoms with Crippen LogP contribution in [-0.2, 0) is 10.0 Å². The van der Waals surface area contributed by atoms with Crippen LogP contribution in [0.3, 0.4) is 0 Å². The number of nitrogens with two attached hydrogens (primary N) is 1. The van der Waals surface area contributed by atoms with Crippen molar-refractivity contribution in [1.82, 2.24) is 9.97 Å². The Morgan fingerprint density at radius 2 is 1.72 bits per heavy atom. The number of rotatable bonds is 11. The Morgan fingerprint density at radius 1 is 1.06 bits per heavy atom. The molecule has 0 bridgehead atoms. The van der Waals surface area contributed by atoms with Crippen molar-refractivity contribution in [3.8, 4) is 17.1 Å².